The molecule has 3 rings (SSSR count). The zero-order chi connectivity index (χ0) is 26.5. The third-order valence-corrected chi connectivity index (χ3v) is 6.61. The summed E-state index contributed by atoms with van der Waals surface area (Å²) in [5.74, 6) is -0.844. The average molecular weight is 566 g/mol. The number of carbonyl (C=O) groups excluding carboxylic acids is 2. The Bertz CT molecular complexity index is 1220. The third kappa shape index (κ3) is 7.24. The van der Waals surface area contributed by atoms with Gasteiger partial charge in [-0.3, -0.25) is 10.1 Å². The molecule has 0 radical (unpaired) electrons. The van der Waals surface area contributed by atoms with Crippen LogP contribution in [0.25, 0.3) is 0 Å². The molecular weight excluding hydrogens is 552 g/mol. The van der Waals surface area contributed by atoms with Gasteiger partial charge < -0.3 is 4.72 Å². The molecule has 0 heterocycles. The summed E-state index contributed by atoms with van der Waals surface area (Å²) < 4.78 is 80.6. The highest BCUT2D eigenvalue weighted by Gasteiger charge is 2.31. The minimum Gasteiger partial charge on any atom is -0.319 e. The second-order valence-electron chi connectivity index (χ2n) is 6.91. The molecule has 0 saturated carbocycles. The van der Waals surface area contributed by atoms with E-state index in [1.807, 2.05) is 0 Å². The van der Waals surface area contributed by atoms with Crippen molar-refractivity contribution in [1.29, 1.82) is 0 Å². The van der Waals surface area contributed by atoms with E-state index in [9.17, 15) is 35.9 Å². The molecule has 0 unspecified atom stereocenters. The highest BCUT2D eigenvalue weighted by atomic mass is 35.5. The van der Waals surface area contributed by atoms with Crippen molar-refractivity contribution in [2.45, 2.75) is 12.4 Å². The minimum absolute atomic E-state index is 0.000387. The Morgan fingerprint density at radius 3 is 1.83 bits per heavy atom. The highest BCUT2D eigenvalue weighted by molar-refractivity contribution is 8.77. The van der Waals surface area contributed by atoms with Crippen LogP contribution in [0.1, 0.15) is 21.5 Å². The second-order valence-corrected chi connectivity index (χ2v) is 9.15. The van der Waals surface area contributed by atoms with Gasteiger partial charge in [0.05, 0.1) is 38.4 Å². The number of rotatable bonds is 6. The summed E-state index contributed by atoms with van der Waals surface area (Å²) in [7, 11) is 1.46. The number of anilines is 2. The van der Waals surface area contributed by atoms with E-state index in [2.05, 4.69) is 10.0 Å². The quantitative estimate of drug-likeness (QED) is 0.180. The van der Waals surface area contributed by atoms with Crippen molar-refractivity contribution in [3.8, 4) is 0 Å². The molecule has 0 bridgehead atoms. The number of carbonyl (C=O) groups is 2. The van der Waals surface area contributed by atoms with E-state index in [-0.39, 0.29) is 22.0 Å². The Kier molecular flexibility index (Phi) is 8.69. The Morgan fingerprint density at radius 2 is 1.31 bits per heavy atom. The van der Waals surface area contributed by atoms with Gasteiger partial charge in [-0.05, 0) is 60.7 Å². The molecule has 36 heavy (non-hydrogen) atoms. The molecule has 3 amide bonds. The van der Waals surface area contributed by atoms with Gasteiger partial charge in [0, 0.05) is 16.7 Å². The smallest absolute Gasteiger partial charge is 0.319 e. The van der Waals surface area contributed by atoms with E-state index in [0.717, 1.165) is 51.7 Å². The lowest BCUT2D eigenvalue weighted by atomic mass is 10.2. The van der Waals surface area contributed by atoms with Gasteiger partial charge in [-0.1, -0.05) is 23.7 Å². The van der Waals surface area contributed by atoms with Gasteiger partial charge in [0.1, 0.15) is 0 Å². The van der Waals surface area contributed by atoms with Crippen LogP contribution in [0, 0.1) is 0 Å². The van der Waals surface area contributed by atoms with Gasteiger partial charge in [0.2, 0.25) is 0 Å². The number of benzene rings is 3. The summed E-state index contributed by atoms with van der Waals surface area (Å²) in [5.41, 5.74) is -1.53. The van der Waals surface area contributed by atoms with Gasteiger partial charge in [-0.15, -0.1) is 0 Å². The lowest BCUT2D eigenvalue weighted by Crippen LogP contribution is -2.39. The largest absolute Gasteiger partial charge is 0.416 e. The molecular formula is C22H14ClF6N3O2S2. The van der Waals surface area contributed by atoms with Crippen molar-refractivity contribution < 1.29 is 35.9 Å². The van der Waals surface area contributed by atoms with Crippen LogP contribution in [0.3, 0.4) is 0 Å². The molecule has 0 fully saturated rings. The number of nitrogens with zero attached hydrogens (tertiary/aromatic N) is 1. The molecule has 190 valence electrons. The molecule has 3 aromatic carbocycles. The summed E-state index contributed by atoms with van der Waals surface area (Å²) in [6.45, 7) is 0. The van der Waals surface area contributed by atoms with Crippen LogP contribution in [0.15, 0.2) is 72.8 Å². The monoisotopic (exact) mass is 565 g/mol. The molecule has 0 spiro atoms. The van der Waals surface area contributed by atoms with E-state index in [1.54, 1.807) is 6.07 Å². The topological polar surface area (TPSA) is 61.4 Å². The van der Waals surface area contributed by atoms with Crippen LogP contribution in [-0.2, 0) is 12.4 Å². The number of imide groups is 1. The molecule has 2 N–H and O–H groups in total. The first-order valence-corrected chi connectivity index (χ1v) is 12.2. The number of hydrogen-bond acceptors (Lipinski definition) is 5. The Balaban J connectivity index is 1.76. The van der Waals surface area contributed by atoms with Gasteiger partial charge >= 0.3 is 18.4 Å². The zero-order valence-corrected chi connectivity index (χ0v) is 20.0. The average Bonchev–Trinajstić information content (AvgIpc) is 2.81. The van der Waals surface area contributed by atoms with Crippen LogP contribution in [-0.4, -0.2) is 11.9 Å². The zero-order valence-electron chi connectivity index (χ0n) is 17.7. The van der Waals surface area contributed by atoms with Crippen molar-refractivity contribution >= 4 is 56.9 Å². The summed E-state index contributed by atoms with van der Waals surface area (Å²) in [6, 6.07) is 12.6. The molecule has 0 aliphatic carbocycles. The van der Waals surface area contributed by atoms with Gasteiger partial charge in [-0.25, -0.2) is 9.10 Å². The van der Waals surface area contributed by atoms with Gasteiger partial charge in [0.25, 0.3) is 5.91 Å². The molecule has 0 aromatic heterocycles. The summed E-state index contributed by atoms with van der Waals surface area (Å²) in [6.07, 6.45) is -9.11. The van der Waals surface area contributed by atoms with Crippen molar-refractivity contribution in [3.63, 3.8) is 0 Å². The summed E-state index contributed by atoms with van der Waals surface area (Å²) in [5, 5.41) is 2.19. The van der Waals surface area contributed by atoms with Crippen molar-refractivity contribution in [3.05, 3.63) is 94.5 Å². The summed E-state index contributed by atoms with van der Waals surface area (Å²) in [4.78, 5) is 25.3. The molecule has 3 aromatic rings. The van der Waals surface area contributed by atoms with Crippen LogP contribution in [0.2, 0.25) is 5.02 Å². The predicted molar refractivity (Wildman–Crippen MR) is 128 cm³/mol. The van der Waals surface area contributed by atoms with Crippen LogP contribution < -0.4 is 14.3 Å². The number of amides is 3. The first kappa shape index (κ1) is 27.6. The van der Waals surface area contributed by atoms with Gasteiger partial charge in [-0.2, -0.15) is 26.3 Å². The number of urea groups is 1. The van der Waals surface area contributed by atoms with Crippen LogP contribution in [0.4, 0.5) is 42.5 Å². The molecule has 0 aliphatic heterocycles. The fourth-order valence-corrected chi connectivity index (χ4v) is 4.64. The van der Waals surface area contributed by atoms with Crippen molar-refractivity contribution in [2.24, 2.45) is 0 Å². The standard InChI is InChI=1S/C22H14ClF6N3O2S2/c23-18-4-2-1-3-17(18)19(33)30-20(34)32(16-11-7-14(8-12-16)22(27,28)29)36-35-31-15-9-5-13(6-10-15)21(24,25)26/h1-12,31H,(H,30,33,34). The van der Waals surface area contributed by atoms with Crippen LogP contribution in [0.5, 0.6) is 0 Å². The van der Waals surface area contributed by atoms with Crippen molar-refractivity contribution in [2.75, 3.05) is 9.03 Å². The number of hydrogen-bond donors (Lipinski definition) is 2. The molecule has 14 heteroatoms. The Hall–Kier alpha value is -3.03. The third-order valence-electron chi connectivity index (χ3n) is 4.44. The van der Waals surface area contributed by atoms with Crippen LogP contribution >= 0.6 is 33.6 Å². The second kappa shape index (κ2) is 11.4. The fourth-order valence-electron chi connectivity index (χ4n) is 2.67. The van der Waals surface area contributed by atoms with E-state index in [0.29, 0.717) is 11.0 Å². The van der Waals surface area contributed by atoms with Gasteiger partial charge in [0.15, 0.2) is 0 Å². The van der Waals surface area contributed by atoms with E-state index >= 15 is 0 Å². The fraction of sp³-hybridized carbons (Fsp3) is 0.0909. The maximum atomic E-state index is 12.9. The van der Waals surface area contributed by atoms with E-state index in [1.165, 1.54) is 30.3 Å². The first-order valence-electron chi connectivity index (χ1n) is 9.70. The van der Waals surface area contributed by atoms with Crippen molar-refractivity contribution in [1.82, 2.24) is 5.32 Å². The Labute approximate surface area is 213 Å². The lowest BCUT2D eigenvalue weighted by Gasteiger charge is -2.21. The molecule has 0 aliphatic rings. The molecule has 0 atom stereocenters. The number of nitrogens with one attached hydrogen (secondary N) is 2. The number of alkyl halides is 6. The normalized spacial score (nSPS) is 11.6. The van der Waals surface area contributed by atoms with E-state index in [4.69, 9.17) is 11.6 Å². The van der Waals surface area contributed by atoms with E-state index < -0.39 is 35.4 Å². The Morgan fingerprint density at radius 1 is 0.778 bits per heavy atom. The lowest BCUT2D eigenvalue weighted by molar-refractivity contribution is -0.138. The number of halogens is 7. The molecule has 5 nitrogen and oxygen atoms in total. The minimum atomic E-state index is -4.60. The summed E-state index contributed by atoms with van der Waals surface area (Å²) >= 11 is 5.97. The predicted octanol–water partition coefficient (Wildman–Crippen LogP) is 8.06. The molecule has 0 saturated heterocycles. The maximum absolute atomic E-state index is 12.9. The maximum Gasteiger partial charge on any atom is 0.416 e. The SMILES string of the molecule is O=C(NC(=O)N(SSNc1ccc(C(F)(F)F)cc1)c1ccc(C(F)(F)F)cc1)c1ccccc1Cl. The highest BCUT2D eigenvalue weighted by Crippen LogP contribution is 2.36. The first-order chi connectivity index (χ1) is 16.9.